The van der Waals surface area contributed by atoms with E-state index in [9.17, 15) is 9.59 Å². The van der Waals surface area contributed by atoms with Crippen LogP contribution in [0.15, 0.2) is 24.3 Å². The highest BCUT2D eigenvalue weighted by molar-refractivity contribution is 5.96. The van der Waals surface area contributed by atoms with E-state index in [-0.39, 0.29) is 24.2 Å². The van der Waals surface area contributed by atoms with Crippen molar-refractivity contribution >= 4 is 22.7 Å². The van der Waals surface area contributed by atoms with E-state index in [1.807, 2.05) is 31.2 Å². The molecule has 2 rings (SSSR count). The molecule has 0 spiro atoms. The second-order valence-corrected chi connectivity index (χ2v) is 4.31. The number of imidazole rings is 1. The zero-order valence-electron chi connectivity index (χ0n) is 10.4. The quantitative estimate of drug-likeness (QED) is 0.805. The Balaban J connectivity index is 2.11. The molecule has 2 N–H and O–H groups in total. The number of Topliss-reactive ketones (excluding diaryl/α,β-unsaturated/α-hetero) is 1. The Morgan fingerprint density at radius 2 is 2.11 bits per heavy atom. The topological polar surface area (TPSA) is 74.8 Å². The molecular formula is C13H15N3O2. The molecule has 0 aliphatic carbocycles. The molecule has 0 aliphatic rings. The predicted octanol–water partition coefficient (Wildman–Crippen LogP) is 1.72. The Morgan fingerprint density at radius 1 is 1.39 bits per heavy atom. The number of para-hydroxylation sites is 2. The molecule has 0 saturated carbocycles. The lowest BCUT2D eigenvalue weighted by molar-refractivity contribution is -0.127. The number of rotatable bonds is 4. The molecule has 1 amide bonds. The van der Waals surface area contributed by atoms with Gasteiger partial charge in [0.05, 0.1) is 23.5 Å². The molecule has 1 unspecified atom stereocenters. The van der Waals surface area contributed by atoms with Crippen LogP contribution in [0.4, 0.5) is 0 Å². The third-order valence-electron chi connectivity index (χ3n) is 2.60. The number of nitrogens with zero attached hydrogens (tertiary/aromatic N) is 1. The summed E-state index contributed by atoms with van der Waals surface area (Å²) in [5.41, 5.74) is 1.79. The molecule has 1 aromatic heterocycles. The van der Waals surface area contributed by atoms with Gasteiger partial charge in [0.2, 0.25) is 5.91 Å². The van der Waals surface area contributed by atoms with Crippen LogP contribution in [0.5, 0.6) is 0 Å². The maximum absolute atomic E-state index is 11.5. The Bertz CT molecular complexity index is 556. The molecular weight excluding hydrogens is 230 g/mol. The molecule has 0 radical (unpaired) electrons. The molecule has 0 aliphatic heterocycles. The lowest BCUT2D eigenvalue weighted by Crippen LogP contribution is -2.28. The van der Waals surface area contributed by atoms with Gasteiger partial charge in [0.25, 0.3) is 0 Å². The van der Waals surface area contributed by atoms with E-state index in [4.69, 9.17) is 0 Å². The van der Waals surface area contributed by atoms with Crippen molar-refractivity contribution in [2.75, 3.05) is 0 Å². The SMILES string of the molecule is CC(=O)CC(=O)NC(C)c1nc2ccccc2[nH]1. The minimum absolute atomic E-state index is 0.0927. The van der Waals surface area contributed by atoms with Crippen molar-refractivity contribution in [3.05, 3.63) is 30.1 Å². The summed E-state index contributed by atoms with van der Waals surface area (Å²) in [6, 6.07) is 7.41. The summed E-state index contributed by atoms with van der Waals surface area (Å²) in [6.07, 6.45) is -0.0927. The number of benzene rings is 1. The first-order valence-corrected chi connectivity index (χ1v) is 5.79. The molecule has 0 bridgehead atoms. The summed E-state index contributed by atoms with van der Waals surface area (Å²) in [6.45, 7) is 3.22. The third-order valence-corrected chi connectivity index (χ3v) is 2.60. The van der Waals surface area contributed by atoms with Gasteiger partial charge >= 0.3 is 0 Å². The second kappa shape index (κ2) is 5.00. The van der Waals surface area contributed by atoms with E-state index in [2.05, 4.69) is 15.3 Å². The van der Waals surface area contributed by atoms with Gasteiger partial charge < -0.3 is 10.3 Å². The summed E-state index contributed by atoms with van der Waals surface area (Å²) in [4.78, 5) is 29.8. The summed E-state index contributed by atoms with van der Waals surface area (Å²) < 4.78 is 0. The van der Waals surface area contributed by atoms with Crippen LogP contribution in [0.25, 0.3) is 11.0 Å². The monoisotopic (exact) mass is 245 g/mol. The van der Waals surface area contributed by atoms with Gasteiger partial charge in [0, 0.05) is 0 Å². The molecule has 1 atom stereocenters. The number of carbonyl (C=O) groups is 2. The molecule has 18 heavy (non-hydrogen) atoms. The van der Waals surface area contributed by atoms with Crippen LogP contribution < -0.4 is 5.32 Å². The number of aromatic amines is 1. The lowest BCUT2D eigenvalue weighted by Gasteiger charge is -2.10. The molecule has 1 aromatic carbocycles. The highest BCUT2D eigenvalue weighted by atomic mass is 16.2. The van der Waals surface area contributed by atoms with E-state index in [0.717, 1.165) is 11.0 Å². The van der Waals surface area contributed by atoms with Gasteiger partial charge in [-0.25, -0.2) is 4.98 Å². The number of fused-ring (bicyclic) bond motifs is 1. The normalized spacial score (nSPS) is 12.3. The smallest absolute Gasteiger partial charge is 0.228 e. The highest BCUT2D eigenvalue weighted by Crippen LogP contribution is 2.15. The van der Waals surface area contributed by atoms with Gasteiger partial charge in [-0.2, -0.15) is 0 Å². The zero-order valence-corrected chi connectivity index (χ0v) is 10.4. The van der Waals surface area contributed by atoms with Crippen molar-refractivity contribution in [3.8, 4) is 0 Å². The number of amides is 1. The number of carbonyl (C=O) groups excluding carboxylic acids is 2. The summed E-state index contributed by atoms with van der Waals surface area (Å²) in [5.74, 6) is 0.257. The summed E-state index contributed by atoms with van der Waals surface area (Å²) in [5, 5.41) is 2.73. The molecule has 2 aromatic rings. The maximum Gasteiger partial charge on any atom is 0.228 e. The number of H-pyrrole nitrogens is 1. The minimum atomic E-state index is -0.282. The van der Waals surface area contributed by atoms with Crippen LogP contribution >= 0.6 is 0 Å². The van der Waals surface area contributed by atoms with Gasteiger partial charge in [0.15, 0.2) is 0 Å². The van der Waals surface area contributed by atoms with E-state index in [0.29, 0.717) is 5.82 Å². The number of aromatic nitrogens is 2. The first-order chi connectivity index (χ1) is 8.56. The second-order valence-electron chi connectivity index (χ2n) is 4.31. The highest BCUT2D eigenvalue weighted by Gasteiger charge is 2.14. The summed E-state index contributed by atoms with van der Waals surface area (Å²) >= 11 is 0. The first-order valence-electron chi connectivity index (χ1n) is 5.79. The molecule has 5 heteroatoms. The van der Waals surface area contributed by atoms with Crippen molar-refractivity contribution in [3.63, 3.8) is 0 Å². The van der Waals surface area contributed by atoms with E-state index in [1.165, 1.54) is 6.92 Å². The standard InChI is InChI=1S/C13H15N3O2/c1-8(17)7-12(18)14-9(2)13-15-10-5-3-4-6-11(10)16-13/h3-6,9H,7H2,1-2H3,(H,14,18)(H,15,16). The molecule has 94 valence electrons. The zero-order chi connectivity index (χ0) is 13.1. The average Bonchev–Trinajstić information content (AvgIpc) is 2.71. The van der Waals surface area contributed by atoms with Crippen molar-refractivity contribution in [2.24, 2.45) is 0 Å². The van der Waals surface area contributed by atoms with Gasteiger partial charge in [-0.05, 0) is 26.0 Å². The number of nitrogens with one attached hydrogen (secondary N) is 2. The lowest BCUT2D eigenvalue weighted by atomic mass is 10.2. The van der Waals surface area contributed by atoms with Crippen LogP contribution in [0.2, 0.25) is 0 Å². The Hall–Kier alpha value is -2.17. The fourth-order valence-electron chi connectivity index (χ4n) is 1.76. The van der Waals surface area contributed by atoms with Crippen LogP contribution in [0.3, 0.4) is 0 Å². The van der Waals surface area contributed by atoms with Crippen LogP contribution in [0.1, 0.15) is 32.1 Å². The number of hydrogen-bond acceptors (Lipinski definition) is 3. The van der Waals surface area contributed by atoms with Gasteiger partial charge in [-0.15, -0.1) is 0 Å². The van der Waals surface area contributed by atoms with E-state index in [1.54, 1.807) is 0 Å². The first kappa shape index (κ1) is 12.3. The third kappa shape index (κ3) is 2.74. The number of ketones is 1. The van der Waals surface area contributed by atoms with Crippen molar-refractivity contribution in [1.82, 2.24) is 15.3 Å². The van der Waals surface area contributed by atoms with Crippen molar-refractivity contribution in [1.29, 1.82) is 0 Å². The average molecular weight is 245 g/mol. The fraction of sp³-hybridized carbons (Fsp3) is 0.308. The molecule has 5 nitrogen and oxygen atoms in total. The van der Waals surface area contributed by atoms with E-state index < -0.39 is 0 Å². The predicted molar refractivity (Wildman–Crippen MR) is 67.9 cm³/mol. The maximum atomic E-state index is 11.5. The van der Waals surface area contributed by atoms with Crippen molar-refractivity contribution < 1.29 is 9.59 Å². The Kier molecular flexibility index (Phi) is 3.41. The molecule has 1 heterocycles. The Labute approximate surface area is 105 Å². The minimum Gasteiger partial charge on any atom is -0.346 e. The van der Waals surface area contributed by atoms with Gasteiger partial charge in [-0.3, -0.25) is 9.59 Å². The number of hydrogen-bond donors (Lipinski definition) is 2. The molecule has 0 fully saturated rings. The van der Waals surface area contributed by atoms with Gasteiger partial charge in [-0.1, -0.05) is 12.1 Å². The van der Waals surface area contributed by atoms with Crippen LogP contribution in [-0.4, -0.2) is 21.7 Å². The van der Waals surface area contributed by atoms with Crippen LogP contribution in [-0.2, 0) is 9.59 Å². The Morgan fingerprint density at radius 3 is 2.78 bits per heavy atom. The largest absolute Gasteiger partial charge is 0.346 e. The fourth-order valence-corrected chi connectivity index (χ4v) is 1.76. The van der Waals surface area contributed by atoms with Gasteiger partial charge in [0.1, 0.15) is 11.6 Å². The van der Waals surface area contributed by atoms with Crippen molar-refractivity contribution in [2.45, 2.75) is 26.3 Å². The van der Waals surface area contributed by atoms with Crippen LogP contribution in [0, 0.1) is 0 Å². The van der Waals surface area contributed by atoms with E-state index >= 15 is 0 Å². The molecule has 0 saturated heterocycles. The summed E-state index contributed by atoms with van der Waals surface area (Å²) in [7, 11) is 0.